The van der Waals surface area contributed by atoms with E-state index in [9.17, 15) is 0 Å². The molecule has 0 bridgehead atoms. The zero-order valence-electron chi connectivity index (χ0n) is 13.5. The van der Waals surface area contributed by atoms with E-state index in [-0.39, 0.29) is 0 Å². The number of halogens is 1. The highest BCUT2D eigenvalue weighted by atomic mass is 79.9. The molecule has 0 aliphatic rings. The first-order chi connectivity index (χ1) is 11.6. The maximum atomic E-state index is 8.91. The summed E-state index contributed by atoms with van der Waals surface area (Å²) < 4.78 is 8.79. The molecule has 3 aromatic rings. The van der Waals surface area contributed by atoms with Crippen molar-refractivity contribution in [2.75, 3.05) is 0 Å². The van der Waals surface area contributed by atoms with E-state index in [2.05, 4.69) is 27.1 Å². The van der Waals surface area contributed by atoms with Crippen LogP contribution in [0.2, 0.25) is 0 Å². The SMILES string of the molecule is Cc1nn(-c2ccc(C#N)cc2)c(C)c1COc1ccc(Br)cc1. The Morgan fingerprint density at radius 3 is 2.38 bits per heavy atom. The highest BCUT2D eigenvalue weighted by molar-refractivity contribution is 9.10. The second-order valence-corrected chi connectivity index (χ2v) is 6.38. The van der Waals surface area contributed by atoms with Crippen LogP contribution in [0.1, 0.15) is 22.5 Å². The van der Waals surface area contributed by atoms with Crippen LogP contribution in [0.5, 0.6) is 5.75 Å². The van der Waals surface area contributed by atoms with E-state index in [4.69, 9.17) is 10.00 Å². The lowest BCUT2D eigenvalue weighted by Gasteiger charge is -2.08. The van der Waals surface area contributed by atoms with Crippen molar-refractivity contribution < 1.29 is 4.74 Å². The van der Waals surface area contributed by atoms with Crippen molar-refractivity contribution in [2.24, 2.45) is 0 Å². The highest BCUT2D eigenvalue weighted by Crippen LogP contribution is 2.22. The van der Waals surface area contributed by atoms with Crippen molar-refractivity contribution in [3.8, 4) is 17.5 Å². The molecule has 4 nitrogen and oxygen atoms in total. The van der Waals surface area contributed by atoms with Crippen molar-refractivity contribution in [1.82, 2.24) is 9.78 Å². The maximum Gasteiger partial charge on any atom is 0.119 e. The molecule has 0 atom stereocenters. The summed E-state index contributed by atoms with van der Waals surface area (Å²) >= 11 is 3.42. The van der Waals surface area contributed by atoms with Gasteiger partial charge in [-0.05, 0) is 62.4 Å². The average molecular weight is 382 g/mol. The van der Waals surface area contributed by atoms with E-state index in [0.717, 1.165) is 32.9 Å². The van der Waals surface area contributed by atoms with Gasteiger partial charge in [0.2, 0.25) is 0 Å². The molecule has 2 aromatic carbocycles. The Labute approximate surface area is 149 Å². The van der Waals surface area contributed by atoms with Gasteiger partial charge >= 0.3 is 0 Å². The topological polar surface area (TPSA) is 50.8 Å². The van der Waals surface area contributed by atoms with Crippen LogP contribution < -0.4 is 4.74 Å². The van der Waals surface area contributed by atoms with Crippen LogP contribution in [0, 0.1) is 25.2 Å². The van der Waals surface area contributed by atoms with Gasteiger partial charge in [0, 0.05) is 15.7 Å². The Morgan fingerprint density at radius 2 is 1.75 bits per heavy atom. The summed E-state index contributed by atoms with van der Waals surface area (Å²) in [6.07, 6.45) is 0. The molecule has 0 aliphatic heterocycles. The third kappa shape index (κ3) is 3.34. The van der Waals surface area contributed by atoms with Crippen molar-refractivity contribution in [2.45, 2.75) is 20.5 Å². The molecule has 1 aromatic heterocycles. The predicted molar refractivity (Wildman–Crippen MR) is 96.2 cm³/mol. The van der Waals surface area contributed by atoms with Gasteiger partial charge in [0.1, 0.15) is 12.4 Å². The van der Waals surface area contributed by atoms with E-state index in [0.29, 0.717) is 12.2 Å². The summed E-state index contributed by atoms with van der Waals surface area (Å²) in [7, 11) is 0. The van der Waals surface area contributed by atoms with E-state index in [1.54, 1.807) is 12.1 Å². The molecule has 0 amide bonds. The summed E-state index contributed by atoms with van der Waals surface area (Å²) in [6, 6.07) is 17.3. The number of benzene rings is 2. The Kier molecular flexibility index (Phi) is 4.68. The van der Waals surface area contributed by atoms with E-state index in [1.165, 1.54) is 0 Å². The third-order valence-corrected chi connectivity index (χ3v) is 4.41. The summed E-state index contributed by atoms with van der Waals surface area (Å²) in [5.41, 5.74) is 4.62. The minimum absolute atomic E-state index is 0.468. The smallest absolute Gasteiger partial charge is 0.119 e. The number of nitrogens with zero attached hydrogens (tertiary/aromatic N) is 3. The number of nitriles is 1. The van der Waals surface area contributed by atoms with Crippen LogP contribution >= 0.6 is 15.9 Å². The van der Waals surface area contributed by atoms with Crippen LogP contribution in [-0.4, -0.2) is 9.78 Å². The van der Waals surface area contributed by atoms with Crippen molar-refractivity contribution in [3.63, 3.8) is 0 Å². The fourth-order valence-corrected chi connectivity index (χ4v) is 2.76. The standard InChI is InChI=1S/C19H16BrN3O/c1-13-19(12-24-18-9-5-16(20)6-10-18)14(2)23(22-13)17-7-3-15(11-21)4-8-17/h3-10H,12H2,1-2H3. The van der Waals surface area contributed by atoms with Crippen molar-refractivity contribution >= 4 is 15.9 Å². The van der Waals surface area contributed by atoms with Gasteiger partial charge in [-0.2, -0.15) is 10.4 Å². The van der Waals surface area contributed by atoms with Crippen LogP contribution in [-0.2, 0) is 6.61 Å². The van der Waals surface area contributed by atoms with Gasteiger partial charge < -0.3 is 4.74 Å². The molecule has 0 radical (unpaired) electrons. The monoisotopic (exact) mass is 381 g/mol. The molecule has 0 saturated heterocycles. The van der Waals surface area contributed by atoms with Crippen LogP contribution in [0.4, 0.5) is 0 Å². The van der Waals surface area contributed by atoms with Crippen LogP contribution in [0.3, 0.4) is 0 Å². The van der Waals surface area contributed by atoms with Crippen molar-refractivity contribution in [1.29, 1.82) is 5.26 Å². The molecule has 24 heavy (non-hydrogen) atoms. The second kappa shape index (κ2) is 6.90. The van der Waals surface area contributed by atoms with E-state index in [1.807, 2.05) is 54.9 Å². The summed E-state index contributed by atoms with van der Waals surface area (Å²) in [5, 5.41) is 13.5. The zero-order chi connectivity index (χ0) is 17.1. The molecular formula is C19H16BrN3O. The fourth-order valence-electron chi connectivity index (χ4n) is 2.50. The van der Waals surface area contributed by atoms with Gasteiger partial charge in [-0.15, -0.1) is 0 Å². The summed E-state index contributed by atoms with van der Waals surface area (Å²) in [5.74, 6) is 0.822. The molecule has 120 valence electrons. The number of hydrogen-bond acceptors (Lipinski definition) is 3. The predicted octanol–water partition coefficient (Wildman–Crippen LogP) is 4.70. The normalized spacial score (nSPS) is 10.4. The van der Waals surface area contributed by atoms with Gasteiger partial charge in [-0.1, -0.05) is 15.9 Å². The van der Waals surface area contributed by atoms with Gasteiger partial charge in [-0.25, -0.2) is 4.68 Å². The molecule has 0 fully saturated rings. The lowest BCUT2D eigenvalue weighted by atomic mass is 10.2. The number of aromatic nitrogens is 2. The third-order valence-electron chi connectivity index (χ3n) is 3.88. The molecule has 1 heterocycles. The summed E-state index contributed by atoms with van der Waals surface area (Å²) in [4.78, 5) is 0. The van der Waals surface area contributed by atoms with Gasteiger partial charge in [-0.3, -0.25) is 0 Å². The first-order valence-electron chi connectivity index (χ1n) is 7.52. The van der Waals surface area contributed by atoms with Gasteiger partial charge in [0.15, 0.2) is 0 Å². The Balaban J connectivity index is 1.83. The van der Waals surface area contributed by atoms with Gasteiger partial charge in [0.05, 0.1) is 23.0 Å². The lowest BCUT2D eigenvalue weighted by Crippen LogP contribution is -2.01. The first-order valence-corrected chi connectivity index (χ1v) is 8.32. The van der Waals surface area contributed by atoms with Crippen LogP contribution in [0.25, 0.3) is 5.69 Å². The molecule has 5 heteroatoms. The molecule has 3 rings (SSSR count). The van der Waals surface area contributed by atoms with E-state index >= 15 is 0 Å². The number of aryl methyl sites for hydroxylation is 1. The second-order valence-electron chi connectivity index (χ2n) is 5.46. The molecule has 0 saturated carbocycles. The molecule has 0 N–H and O–H groups in total. The zero-order valence-corrected chi connectivity index (χ0v) is 15.0. The average Bonchev–Trinajstić information content (AvgIpc) is 2.89. The minimum Gasteiger partial charge on any atom is -0.489 e. The van der Waals surface area contributed by atoms with Crippen molar-refractivity contribution in [3.05, 3.63) is 75.5 Å². The Morgan fingerprint density at radius 1 is 1.08 bits per heavy atom. The summed E-state index contributed by atoms with van der Waals surface area (Å²) in [6.45, 7) is 4.47. The number of rotatable bonds is 4. The minimum atomic E-state index is 0.468. The number of ether oxygens (including phenoxy) is 1. The highest BCUT2D eigenvalue weighted by Gasteiger charge is 2.13. The molecular weight excluding hydrogens is 366 g/mol. The molecule has 0 unspecified atom stereocenters. The Hall–Kier alpha value is -2.58. The fraction of sp³-hybridized carbons (Fsp3) is 0.158. The van der Waals surface area contributed by atoms with Gasteiger partial charge in [0.25, 0.3) is 0 Å². The van der Waals surface area contributed by atoms with Crippen LogP contribution in [0.15, 0.2) is 53.0 Å². The lowest BCUT2D eigenvalue weighted by molar-refractivity contribution is 0.304. The largest absolute Gasteiger partial charge is 0.489 e. The Bertz CT molecular complexity index is 890. The maximum absolute atomic E-state index is 8.91. The first kappa shape index (κ1) is 16.3. The quantitative estimate of drug-likeness (QED) is 0.657. The molecule has 0 spiro atoms. The molecule has 0 aliphatic carbocycles. The number of hydrogen-bond donors (Lipinski definition) is 0. The van der Waals surface area contributed by atoms with E-state index < -0.39 is 0 Å².